The van der Waals surface area contributed by atoms with Gasteiger partial charge in [0.05, 0.1) is 23.8 Å². The standard InChI is InChI=1S/C16H22N2O3/c1-12(21-9-8-16(2,3)20-4)15(19)18-14-7-5-6-13(10-14)11-17/h5-7,10,12H,8-9H2,1-4H3,(H,18,19). The first kappa shape index (κ1) is 17.2. The van der Waals surface area contributed by atoms with E-state index in [0.29, 0.717) is 24.3 Å². The third-order valence-corrected chi connectivity index (χ3v) is 3.25. The lowest BCUT2D eigenvalue weighted by Gasteiger charge is -2.23. The highest BCUT2D eigenvalue weighted by molar-refractivity contribution is 5.94. The maximum Gasteiger partial charge on any atom is 0.253 e. The third kappa shape index (κ3) is 5.94. The van der Waals surface area contributed by atoms with Crippen molar-refractivity contribution in [3.8, 4) is 6.07 Å². The number of hydrogen-bond acceptors (Lipinski definition) is 4. The molecule has 0 saturated heterocycles. The van der Waals surface area contributed by atoms with E-state index in [1.165, 1.54) is 0 Å². The second kappa shape index (κ2) is 7.77. The van der Waals surface area contributed by atoms with E-state index in [1.54, 1.807) is 38.3 Å². The number of ether oxygens (including phenoxy) is 2. The molecule has 0 radical (unpaired) electrons. The Morgan fingerprint density at radius 3 is 2.81 bits per heavy atom. The van der Waals surface area contributed by atoms with Gasteiger partial charge in [0.15, 0.2) is 0 Å². The molecule has 1 atom stereocenters. The molecule has 1 amide bonds. The first-order valence-electron chi connectivity index (χ1n) is 6.86. The molecule has 1 aromatic carbocycles. The molecule has 21 heavy (non-hydrogen) atoms. The van der Waals surface area contributed by atoms with Crippen molar-refractivity contribution in [2.24, 2.45) is 0 Å². The van der Waals surface area contributed by atoms with E-state index < -0.39 is 6.10 Å². The fourth-order valence-electron chi connectivity index (χ4n) is 1.57. The minimum Gasteiger partial charge on any atom is -0.379 e. The average molecular weight is 290 g/mol. The Kier molecular flexibility index (Phi) is 6.35. The zero-order valence-electron chi connectivity index (χ0n) is 13.0. The summed E-state index contributed by atoms with van der Waals surface area (Å²) in [5.74, 6) is -0.236. The van der Waals surface area contributed by atoms with E-state index in [2.05, 4.69) is 5.32 Å². The van der Waals surface area contributed by atoms with Crippen molar-refractivity contribution in [3.05, 3.63) is 29.8 Å². The number of amides is 1. The molecule has 1 rings (SSSR count). The molecule has 0 saturated carbocycles. The number of methoxy groups -OCH3 is 1. The van der Waals surface area contributed by atoms with Gasteiger partial charge in [-0.05, 0) is 45.4 Å². The summed E-state index contributed by atoms with van der Waals surface area (Å²) in [5, 5.41) is 11.6. The Hall–Kier alpha value is -1.90. The molecular formula is C16H22N2O3. The first-order chi connectivity index (χ1) is 9.88. The Morgan fingerprint density at radius 2 is 2.19 bits per heavy atom. The van der Waals surface area contributed by atoms with Gasteiger partial charge in [-0.1, -0.05) is 6.07 Å². The molecule has 0 aromatic heterocycles. The van der Waals surface area contributed by atoms with Gasteiger partial charge in [0.2, 0.25) is 0 Å². The Balaban J connectivity index is 2.46. The number of rotatable bonds is 7. The molecule has 114 valence electrons. The van der Waals surface area contributed by atoms with Crippen LogP contribution in [0.25, 0.3) is 0 Å². The van der Waals surface area contributed by atoms with E-state index in [4.69, 9.17) is 14.7 Å². The fraction of sp³-hybridized carbons (Fsp3) is 0.500. The maximum atomic E-state index is 12.0. The van der Waals surface area contributed by atoms with Crippen molar-refractivity contribution in [2.75, 3.05) is 19.0 Å². The molecule has 1 N–H and O–H groups in total. The third-order valence-electron chi connectivity index (χ3n) is 3.25. The van der Waals surface area contributed by atoms with Crippen LogP contribution in [0.2, 0.25) is 0 Å². The van der Waals surface area contributed by atoms with Crippen molar-refractivity contribution in [1.29, 1.82) is 5.26 Å². The molecule has 5 heteroatoms. The first-order valence-corrected chi connectivity index (χ1v) is 6.86. The van der Waals surface area contributed by atoms with Gasteiger partial charge in [0.25, 0.3) is 5.91 Å². The minimum atomic E-state index is -0.566. The zero-order valence-corrected chi connectivity index (χ0v) is 13.0. The van der Waals surface area contributed by atoms with E-state index in [0.717, 1.165) is 0 Å². The number of nitrogens with zero attached hydrogens (tertiary/aromatic N) is 1. The summed E-state index contributed by atoms with van der Waals surface area (Å²) in [7, 11) is 1.65. The Morgan fingerprint density at radius 1 is 1.48 bits per heavy atom. The van der Waals surface area contributed by atoms with Crippen LogP contribution in [0, 0.1) is 11.3 Å². The lowest BCUT2D eigenvalue weighted by molar-refractivity contribution is -0.127. The van der Waals surface area contributed by atoms with E-state index in [1.807, 2.05) is 19.9 Å². The number of hydrogen-bond donors (Lipinski definition) is 1. The van der Waals surface area contributed by atoms with Gasteiger partial charge >= 0.3 is 0 Å². The zero-order chi connectivity index (χ0) is 15.9. The molecule has 0 spiro atoms. The second-order valence-corrected chi connectivity index (χ2v) is 5.41. The maximum absolute atomic E-state index is 12.0. The fourth-order valence-corrected chi connectivity index (χ4v) is 1.57. The van der Waals surface area contributed by atoms with Gasteiger partial charge in [0.1, 0.15) is 6.10 Å². The number of carbonyl (C=O) groups is 1. The van der Waals surface area contributed by atoms with Gasteiger partial charge in [-0.2, -0.15) is 5.26 Å². The van der Waals surface area contributed by atoms with Crippen LogP contribution in [0.5, 0.6) is 0 Å². The molecule has 5 nitrogen and oxygen atoms in total. The summed E-state index contributed by atoms with van der Waals surface area (Å²) in [4.78, 5) is 12.0. The summed E-state index contributed by atoms with van der Waals surface area (Å²) >= 11 is 0. The van der Waals surface area contributed by atoms with Crippen LogP contribution in [0.15, 0.2) is 24.3 Å². The predicted molar refractivity (Wildman–Crippen MR) is 80.9 cm³/mol. The Bertz CT molecular complexity index is 520. The Labute approximate surface area is 125 Å². The summed E-state index contributed by atoms with van der Waals surface area (Å²) in [6.07, 6.45) is 0.133. The number of benzene rings is 1. The van der Waals surface area contributed by atoms with Crippen LogP contribution in [0.3, 0.4) is 0 Å². The average Bonchev–Trinajstić information content (AvgIpc) is 2.47. The molecule has 0 aliphatic heterocycles. The number of carbonyl (C=O) groups excluding carboxylic acids is 1. The largest absolute Gasteiger partial charge is 0.379 e. The van der Waals surface area contributed by atoms with Crippen LogP contribution in [0.4, 0.5) is 5.69 Å². The van der Waals surface area contributed by atoms with Crippen LogP contribution in [0.1, 0.15) is 32.8 Å². The normalized spacial score (nSPS) is 12.5. The van der Waals surface area contributed by atoms with E-state index >= 15 is 0 Å². The van der Waals surface area contributed by atoms with Crippen LogP contribution in [-0.2, 0) is 14.3 Å². The second-order valence-electron chi connectivity index (χ2n) is 5.41. The van der Waals surface area contributed by atoms with Crippen LogP contribution < -0.4 is 5.32 Å². The van der Waals surface area contributed by atoms with Crippen LogP contribution >= 0.6 is 0 Å². The lowest BCUT2D eigenvalue weighted by Crippen LogP contribution is -2.31. The smallest absolute Gasteiger partial charge is 0.253 e. The number of anilines is 1. The summed E-state index contributed by atoms with van der Waals surface area (Å²) in [6.45, 7) is 6.07. The molecular weight excluding hydrogens is 268 g/mol. The molecule has 0 aliphatic carbocycles. The van der Waals surface area contributed by atoms with Gasteiger partial charge in [-0.25, -0.2) is 0 Å². The summed E-state index contributed by atoms with van der Waals surface area (Å²) in [6, 6.07) is 8.80. The molecule has 0 bridgehead atoms. The summed E-state index contributed by atoms with van der Waals surface area (Å²) in [5.41, 5.74) is 0.826. The van der Waals surface area contributed by atoms with Crippen molar-refractivity contribution >= 4 is 11.6 Å². The van der Waals surface area contributed by atoms with Crippen LogP contribution in [-0.4, -0.2) is 31.3 Å². The van der Waals surface area contributed by atoms with Gasteiger partial charge in [0, 0.05) is 12.8 Å². The predicted octanol–water partition coefficient (Wildman–Crippen LogP) is 2.72. The highest BCUT2D eigenvalue weighted by Gasteiger charge is 2.19. The molecule has 0 aliphatic rings. The monoisotopic (exact) mass is 290 g/mol. The molecule has 0 fully saturated rings. The van der Waals surface area contributed by atoms with Gasteiger partial charge < -0.3 is 14.8 Å². The quantitative estimate of drug-likeness (QED) is 0.838. The highest BCUT2D eigenvalue weighted by atomic mass is 16.5. The SMILES string of the molecule is COC(C)(C)CCOC(C)C(=O)Nc1cccc(C#N)c1. The van der Waals surface area contributed by atoms with E-state index in [9.17, 15) is 4.79 Å². The number of nitrogens with one attached hydrogen (secondary N) is 1. The topological polar surface area (TPSA) is 71.3 Å². The number of nitriles is 1. The molecule has 0 heterocycles. The van der Waals surface area contributed by atoms with Gasteiger partial charge in [-0.3, -0.25) is 4.79 Å². The highest BCUT2D eigenvalue weighted by Crippen LogP contribution is 2.14. The van der Waals surface area contributed by atoms with Crippen molar-refractivity contribution < 1.29 is 14.3 Å². The van der Waals surface area contributed by atoms with E-state index in [-0.39, 0.29) is 11.5 Å². The van der Waals surface area contributed by atoms with Crippen molar-refractivity contribution in [1.82, 2.24) is 0 Å². The van der Waals surface area contributed by atoms with Crippen molar-refractivity contribution in [3.63, 3.8) is 0 Å². The lowest BCUT2D eigenvalue weighted by atomic mass is 10.1. The van der Waals surface area contributed by atoms with Crippen molar-refractivity contribution in [2.45, 2.75) is 38.9 Å². The molecule has 1 unspecified atom stereocenters. The minimum absolute atomic E-state index is 0.236. The van der Waals surface area contributed by atoms with Gasteiger partial charge in [-0.15, -0.1) is 0 Å². The molecule has 1 aromatic rings. The summed E-state index contributed by atoms with van der Waals surface area (Å²) < 4.78 is 10.8.